The molecule has 5 aromatic rings. The lowest BCUT2D eigenvalue weighted by Gasteiger charge is -2.28. The lowest BCUT2D eigenvalue weighted by molar-refractivity contribution is -0.192. The van der Waals surface area contributed by atoms with Crippen LogP contribution in [0, 0.1) is 0 Å². The molecule has 3 heterocycles. The quantitative estimate of drug-likeness (QED) is 0.0453. The van der Waals surface area contributed by atoms with E-state index in [4.69, 9.17) is 48.5 Å². The number of rotatable bonds is 16. The molecule has 23 nitrogen and oxygen atoms in total. The van der Waals surface area contributed by atoms with Crippen molar-refractivity contribution in [1.29, 1.82) is 0 Å². The molecule has 4 aliphatic carbocycles. The van der Waals surface area contributed by atoms with Gasteiger partial charge in [0.2, 0.25) is 52.5 Å². The molecule has 0 atom stereocenters. The summed E-state index contributed by atoms with van der Waals surface area (Å²) in [7, 11) is 3.14. The lowest BCUT2D eigenvalue weighted by atomic mass is 9.94. The first-order chi connectivity index (χ1) is 40.8. The van der Waals surface area contributed by atoms with Crippen LogP contribution in [0.3, 0.4) is 0 Å². The molecule has 0 amide bonds. The largest absolute Gasteiger partial charge is 0.497 e. The molecule has 4 saturated carbocycles. The number of aliphatic hydroxyl groups is 1. The van der Waals surface area contributed by atoms with Crippen LogP contribution in [0.25, 0.3) is 0 Å². The average Bonchev–Trinajstić information content (AvgIpc) is 2.44. The van der Waals surface area contributed by atoms with Gasteiger partial charge in [0.15, 0.2) is 0 Å². The van der Waals surface area contributed by atoms with Crippen molar-refractivity contribution in [1.82, 2.24) is 45.4 Å². The minimum absolute atomic E-state index is 0.0106. The Hall–Kier alpha value is -8.07. The van der Waals surface area contributed by atoms with Gasteiger partial charge in [-0.2, -0.15) is 13.2 Å². The average molecular weight is 1260 g/mol. The lowest BCUT2D eigenvalue weighted by Crippen LogP contribution is -2.31. The van der Waals surface area contributed by atoms with Crippen LogP contribution >= 0.6 is 0 Å². The number of nitrogens with one attached hydrogen (secondary N) is 1. The highest BCUT2D eigenvalue weighted by Gasteiger charge is 2.41. The van der Waals surface area contributed by atoms with Gasteiger partial charge in [-0.25, -0.2) is 68.8 Å². The van der Waals surface area contributed by atoms with Crippen LogP contribution in [0.2, 0.25) is 0 Å². The number of hydrogen-bond donors (Lipinski definition) is 5. The van der Waals surface area contributed by atoms with E-state index in [0.717, 1.165) is 11.1 Å². The number of carboxylic acid groups (broad SMARTS) is 3. The van der Waals surface area contributed by atoms with Crippen molar-refractivity contribution in [3.05, 3.63) is 76.7 Å². The molecule has 4 fully saturated rings. The van der Waals surface area contributed by atoms with E-state index in [1.54, 1.807) is 33.3 Å². The van der Waals surface area contributed by atoms with Gasteiger partial charge >= 0.3 is 30.1 Å². The molecule has 0 bridgehead atoms. The Morgan fingerprint density at radius 2 is 0.920 bits per heavy atom. The summed E-state index contributed by atoms with van der Waals surface area (Å²) in [4.78, 5) is 43.2. The number of esters is 1. The highest BCUT2D eigenvalue weighted by atomic mass is 19.4. The van der Waals surface area contributed by atoms with Gasteiger partial charge in [0.05, 0.1) is 40.0 Å². The van der Waals surface area contributed by atoms with Crippen molar-refractivity contribution in [3.8, 4) is 29.1 Å². The van der Waals surface area contributed by atoms with E-state index >= 15 is 0 Å². The Morgan fingerprint density at radius 3 is 1.25 bits per heavy atom. The van der Waals surface area contributed by atoms with E-state index in [-0.39, 0.29) is 151 Å². The fourth-order valence-corrected chi connectivity index (χ4v) is 8.65. The summed E-state index contributed by atoms with van der Waals surface area (Å²) in [6, 6.07) is 14.5. The standard InChI is InChI=1S/C19H23F2N3O4.C17H19F2N3O4.C9H11F2N3O3.C6H10F2O.C2HF3O2/c1-3-27-18(25)16-17(28-15-8-10-19(20,21)11-9-15)24(23-22-16)12-13-4-6-14(26-2)7-5-13;1-25-12-4-2-11(3-5-12)10-22-15(14(16(23)24)20-21-22)26-13-6-8-17(18,19)9-7-13;10-9(11)3-1-5(2-4-9)17-7-6(8(15)16)12-14-13-7;7-6(8)3-1-5(9)2-4-6;3-2(4,5)1(6)7/h4-7,15H,3,8-12H2,1-2H3;2-5,13H,6-10H2,1H3,(H,23,24);5H,1-4H2,(H,15,16)(H,12,13,14);5,9H,1-4H2;(H,6,7). The molecule has 0 unspecified atom stereocenters. The Morgan fingerprint density at radius 1 is 0.563 bits per heavy atom. The van der Waals surface area contributed by atoms with Crippen molar-refractivity contribution < 1.29 is 116 Å². The summed E-state index contributed by atoms with van der Waals surface area (Å²) < 4.78 is 170. The maximum atomic E-state index is 13.4. The second-order valence-corrected chi connectivity index (χ2v) is 20.2. The van der Waals surface area contributed by atoms with Crippen molar-refractivity contribution in [2.75, 3.05) is 20.8 Å². The Kier molecular flexibility index (Phi) is 24.9. The van der Waals surface area contributed by atoms with Crippen LogP contribution in [0.5, 0.6) is 29.1 Å². The molecule has 2 aromatic carbocycles. The first-order valence-corrected chi connectivity index (χ1v) is 27.0. The predicted octanol–water partition coefficient (Wildman–Crippen LogP) is 10.1. The predicted molar refractivity (Wildman–Crippen MR) is 277 cm³/mol. The number of carbonyl (C=O) groups excluding carboxylic acids is 1. The number of carbonyl (C=O) groups is 4. The van der Waals surface area contributed by atoms with Gasteiger partial charge in [-0.1, -0.05) is 45.0 Å². The second-order valence-electron chi connectivity index (χ2n) is 20.2. The number of aliphatic carboxylic acids is 1. The fraction of sp³-hybridized carbons (Fsp3) is 0.585. The number of aromatic amines is 1. The molecule has 87 heavy (non-hydrogen) atoms. The van der Waals surface area contributed by atoms with Crippen LogP contribution in [0.4, 0.5) is 48.3 Å². The van der Waals surface area contributed by atoms with Gasteiger partial charge in [-0.05, 0) is 93.7 Å². The number of aromatic carboxylic acids is 2. The smallest absolute Gasteiger partial charge is 0.490 e. The van der Waals surface area contributed by atoms with E-state index in [1.165, 1.54) is 9.36 Å². The molecule has 0 spiro atoms. The van der Waals surface area contributed by atoms with Crippen LogP contribution in [0.15, 0.2) is 48.5 Å². The monoisotopic (exact) mass is 1260 g/mol. The van der Waals surface area contributed by atoms with Crippen LogP contribution in [0.1, 0.15) is 152 Å². The number of hydrogen-bond acceptors (Lipinski definition) is 17. The zero-order valence-corrected chi connectivity index (χ0v) is 47.0. The third-order valence-corrected chi connectivity index (χ3v) is 13.5. The molecule has 482 valence electrons. The van der Waals surface area contributed by atoms with E-state index < -0.39 is 78.2 Å². The maximum Gasteiger partial charge on any atom is 0.490 e. The number of methoxy groups -OCH3 is 2. The number of aliphatic hydroxyl groups excluding tert-OH is 1. The third-order valence-electron chi connectivity index (χ3n) is 13.5. The SMILES string of the molecule is CCOC(=O)c1nnn(Cc2ccc(OC)cc2)c1OC1CCC(F)(F)CC1.COc1ccc(Cn2nnc(C(=O)O)c2OC2CCC(F)(F)CC2)cc1.O=C(O)C(F)(F)F.O=C(O)c1[nH]nnc1OC1CCC(F)(F)CC1.OC1CCC(F)(F)CC1. The Labute approximate surface area is 488 Å². The number of alkyl halides is 11. The van der Waals surface area contributed by atoms with Gasteiger partial charge < -0.3 is 48.8 Å². The van der Waals surface area contributed by atoms with Crippen molar-refractivity contribution in [3.63, 3.8) is 0 Å². The Balaban J connectivity index is 0.000000215. The highest BCUT2D eigenvalue weighted by molar-refractivity contribution is 5.89. The second kappa shape index (κ2) is 31.0. The molecule has 0 aliphatic heterocycles. The van der Waals surface area contributed by atoms with E-state index in [1.807, 2.05) is 36.4 Å². The van der Waals surface area contributed by atoms with Crippen molar-refractivity contribution in [2.24, 2.45) is 0 Å². The van der Waals surface area contributed by atoms with E-state index in [9.17, 15) is 67.8 Å². The van der Waals surface area contributed by atoms with Gasteiger partial charge in [0.25, 0.3) is 5.88 Å². The van der Waals surface area contributed by atoms with Crippen LogP contribution in [-0.4, -0.2) is 165 Å². The summed E-state index contributed by atoms with van der Waals surface area (Å²) in [6.45, 7) is 2.40. The molecule has 4 aliphatic rings. The van der Waals surface area contributed by atoms with Gasteiger partial charge in [0, 0.05) is 51.4 Å². The summed E-state index contributed by atoms with van der Waals surface area (Å²) >= 11 is 0. The minimum Gasteiger partial charge on any atom is -0.497 e. The number of H-pyrrole nitrogens is 1. The number of nitrogens with zero attached hydrogens (tertiary/aromatic N) is 8. The van der Waals surface area contributed by atoms with Crippen LogP contribution < -0.4 is 23.7 Å². The Bertz CT molecular complexity index is 2960. The molecular weight excluding hydrogens is 1200 g/mol. The first-order valence-electron chi connectivity index (χ1n) is 27.0. The van der Waals surface area contributed by atoms with Gasteiger partial charge in [0.1, 0.15) is 29.8 Å². The summed E-state index contributed by atoms with van der Waals surface area (Å²) in [6.07, 6.45) is -7.18. The van der Waals surface area contributed by atoms with E-state index in [2.05, 4.69) is 36.0 Å². The highest BCUT2D eigenvalue weighted by Crippen LogP contribution is 2.38. The van der Waals surface area contributed by atoms with Crippen LogP contribution in [-0.2, 0) is 22.6 Å². The zero-order valence-electron chi connectivity index (χ0n) is 47.0. The molecule has 0 radical (unpaired) electrons. The van der Waals surface area contributed by atoms with E-state index in [0.29, 0.717) is 18.0 Å². The molecule has 3 aromatic heterocycles. The molecule has 5 N–H and O–H groups in total. The number of ether oxygens (including phenoxy) is 6. The number of halogens is 11. The molecular formula is C53H64F11N9O14. The first kappa shape index (κ1) is 69.7. The maximum absolute atomic E-state index is 13.4. The van der Waals surface area contributed by atoms with Crippen molar-refractivity contribution in [2.45, 2.75) is 177 Å². The summed E-state index contributed by atoms with van der Waals surface area (Å²) in [5.74, 6) is -15.0. The molecule has 0 saturated heterocycles. The fourth-order valence-electron chi connectivity index (χ4n) is 8.65. The van der Waals surface area contributed by atoms with Gasteiger partial charge in [-0.3, -0.25) is 0 Å². The summed E-state index contributed by atoms with van der Waals surface area (Å²) in [5.41, 5.74) is 1.10. The minimum atomic E-state index is -5.08. The van der Waals surface area contributed by atoms with Crippen molar-refractivity contribution >= 4 is 23.9 Å². The molecule has 9 rings (SSSR count). The van der Waals surface area contributed by atoms with Gasteiger partial charge in [-0.15, -0.1) is 10.2 Å². The number of benzene rings is 2. The summed E-state index contributed by atoms with van der Waals surface area (Å²) in [5, 5.41) is 58.4. The number of carboxylic acids is 3. The molecule has 34 heteroatoms. The topological polar surface area (TPSA) is 308 Å². The normalized spacial score (nSPS) is 18.2. The third kappa shape index (κ3) is 22.6. The zero-order chi connectivity index (χ0) is 64.3. The number of aromatic nitrogens is 9.